The van der Waals surface area contributed by atoms with Crippen molar-refractivity contribution in [3.63, 3.8) is 0 Å². The van der Waals surface area contributed by atoms with Gasteiger partial charge in [-0.15, -0.1) is 0 Å². The lowest BCUT2D eigenvalue weighted by molar-refractivity contribution is 0.0219. The fourth-order valence-electron chi connectivity index (χ4n) is 2.69. The van der Waals surface area contributed by atoms with Crippen LogP contribution in [0.15, 0.2) is 29.2 Å². The van der Waals surface area contributed by atoms with Gasteiger partial charge in [0.2, 0.25) is 5.91 Å². The maximum absolute atomic E-state index is 12.8. The summed E-state index contributed by atoms with van der Waals surface area (Å²) in [5, 5.41) is -0.701. The van der Waals surface area contributed by atoms with Crippen molar-refractivity contribution in [3.05, 3.63) is 29.8 Å². The molecule has 1 atom stereocenters. The van der Waals surface area contributed by atoms with Crippen molar-refractivity contribution in [1.82, 2.24) is 4.90 Å². The van der Waals surface area contributed by atoms with Gasteiger partial charge in [0.1, 0.15) is 5.60 Å². The van der Waals surface area contributed by atoms with Crippen molar-refractivity contribution in [2.24, 2.45) is 5.73 Å². The highest BCUT2D eigenvalue weighted by Crippen LogP contribution is 2.25. The minimum absolute atomic E-state index is 0.0921. The number of ether oxygens (including phenoxy) is 1. The third kappa shape index (κ3) is 4.72. The van der Waals surface area contributed by atoms with Crippen LogP contribution in [0.5, 0.6) is 0 Å². The summed E-state index contributed by atoms with van der Waals surface area (Å²) >= 11 is 0. The number of likely N-dealkylation sites (tertiary alicyclic amines) is 1. The van der Waals surface area contributed by atoms with Gasteiger partial charge in [-0.2, -0.15) is 0 Å². The van der Waals surface area contributed by atoms with Gasteiger partial charge in [0.15, 0.2) is 9.84 Å². The summed E-state index contributed by atoms with van der Waals surface area (Å²) in [6, 6.07) is 5.54. The minimum atomic E-state index is -3.62. The predicted octanol–water partition coefficient (Wildman–Crippen LogP) is 1.96. The monoisotopic (exact) mass is 368 g/mol. The number of primary amides is 1. The molecule has 2 rings (SSSR count). The smallest absolute Gasteiger partial charge is 0.410 e. The molecule has 1 fully saturated rings. The molecule has 1 heterocycles. The summed E-state index contributed by atoms with van der Waals surface area (Å²) in [4.78, 5) is 24.9. The third-order valence-corrected chi connectivity index (χ3v) is 6.13. The van der Waals surface area contributed by atoms with E-state index in [1.165, 1.54) is 29.2 Å². The summed E-state index contributed by atoms with van der Waals surface area (Å²) in [6.07, 6.45) is 0.554. The van der Waals surface area contributed by atoms with Gasteiger partial charge in [-0.3, -0.25) is 4.79 Å². The SMILES string of the molecule is CC(C)(C)OC(=O)N1CCCC(S(=O)(=O)c2ccc(C(N)=O)cc2)C1. The number of benzene rings is 1. The van der Waals surface area contributed by atoms with E-state index in [1.54, 1.807) is 20.8 Å². The summed E-state index contributed by atoms with van der Waals surface area (Å²) in [7, 11) is -3.62. The number of nitrogens with zero attached hydrogens (tertiary/aromatic N) is 1. The Balaban J connectivity index is 2.16. The van der Waals surface area contributed by atoms with Gasteiger partial charge in [0, 0.05) is 18.7 Å². The Bertz CT molecular complexity index is 750. The van der Waals surface area contributed by atoms with Gasteiger partial charge in [-0.05, 0) is 57.9 Å². The molecule has 138 valence electrons. The molecule has 7 nitrogen and oxygen atoms in total. The van der Waals surface area contributed by atoms with Gasteiger partial charge in [0.05, 0.1) is 10.1 Å². The molecule has 1 unspecified atom stereocenters. The number of sulfone groups is 1. The highest BCUT2D eigenvalue weighted by molar-refractivity contribution is 7.92. The molecule has 1 aliphatic heterocycles. The second kappa shape index (κ2) is 7.03. The van der Waals surface area contributed by atoms with Crippen molar-refractivity contribution in [1.29, 1.82) is 0 Å². The second-order valence-electron chi connectivity index (χ2n) is 7.12. The minimum Gasteiger partial charge on any atom is -0.444 e. The molecule has 1 aliphatic rings. The number of nitrogens with two attached hydrogens (primary N) is 1. The standard InChI is InChI=1S/C17H24N2O5S/c1-17(2,3)24-16(21)19-10-4-5-14(11-19)25(22,23)13-8-6-12(7-9-13)15(18)20/h6-9,14H,4-5,10-11H2,1-3H3,(H2,18,20). The zero-order valence-corrected chi connectivity index (χ0v) is 15.5. The van der Waals surface area contributed by atoms with E-state index in [-0.39, 0.29) is 17.0 Å². The number of carbonyl (C=O) groups is 2. The molecule has 1 aromatic rings. The van der Waals surface area contributed by atoms with Crippen molar-refractivity contribution < 1.29 is 22.7 Å². The molecule has 0 radical (unpaired) electrons. The topological polar surface area (TPSA) is 107 Å². The van der Waals surface area contributed by atoms with Crippen molar-refractivity contribution in [2.45, 2.75) is 49.4 Å². The first-order chi connectivity index (χ1) is 11.5. The normalized spacial score (nSPS) is 18.7. The lowest BCUT2D eigenvalue weighted by atomic mass is 10.1. The van der Waals surface area contributed by atoms with Crippen LogP contribution in [0, 0.1) is 0 Å². The van der Waals surface area contributed by atoms with Crippen LogP contribution in [-0.2, 0) is 14.6 Å². The Morgan fingerprint density at radius 2 is 1.80 bits per heavy atom. The molecular formula is C17H24N2O5S. The van der Waals surface area contributed by atoms with Crippen molar-refractivity contribution >= 4 is 21.8 Å². The molecule has 1 aromatic carbocycles. The average molecular weight is 368 g/mol. The molecule has 2 amide bonds. The molecule has 0 saturated carbocycles. The van der Waals surface area contributed by atoms with Crippen LogP contribution in [-0.4, -0.2) is 49.3 Å². The maximum Gasteiger partial charge on any atom is 0.410 e. The summed E-state index contributed by atoms with van der Waals surface area (Å²) < 4.78 is 31.0. The fraction of sp³-hybridized carbons (Fsp3) is 0.529. The van der Waals surface area contributed by atoms with E-state index in [4.69, 9.17) is 10.5 Å². The number of piperidine rings is 1. The van der Waals surface area contributed by atoms with Crippen LogP contribution in [0.2, 0.25) is 0 Å². The highest BCUT2D eigenvalue weighted by atomic mass is 32.2. The van der Waals surface area contributed by atoms with Gasteiger partial charge in [-0.25, -0.2) is 13.2 Å². The molecular weight excluding hydrogens is 344 g/mol. The van der Waals surface area contributed by atoms with E-state index < -0.39 is 32.7 Å². The summed E-state index contributed by atoms with van der Waals surface area (Å²) in [5.74, 6) is -0.613. The average Bonchev–Trinajstić information content (AvgIpc) is 2.53. The maximum atomic E-state index is 12.8. The highest BCUT2D eigenvalue weighted by Gasteiger charge is 2.35. The Labute approximate surface area is 148 Å². The molecule has 25 heavy (non-hydrogen) atoms. The first kappa shape index (κ1) is 19.2. The molecule has 0 bridgehead atoms. The van der Waals surface area contributed by atoms with Crippen LogP contribution in [0.1, 0.15) is 44.0 Å². The first-order valence-corrected chi connectivity index (χ1v) is 9.67. The lowest BCUT2D eigenvalue weighted by Gasteiger charge is -2.33. The van der Waals surface area contributed by atoms with E-state index in [0.717, 1.165) is 0 Å². The van der Waals surface area contributed by atoms with E-state index >= 15 is 0 Å². The molecule has 0 spiro atoms. The van der Waals surface area contributed by atoms with Crippen LogP contribution in [0.3, 0.4) is 0 Å². The number of hydrogen-bond donors (Lipinski definition) is 1. The van der Waals surface area contributed by atoms with Gasteiger partial charge < -0.3 is 15.4 Å². The van der Waals surface area contributed by atoms with E-state index in [2.05, 4.69) is 0 Å². The molecule has 0 aliphatic carbocycles. The number of rotatable bonds is 3. The van der Waals surface area contributed by atoms with Gasteiger partial charge in [0.25, 0.3) is 0 Å². The van der Waals surface area contributed by atoms with Crippen LogP contribution in [0.25, 0.3) is 0 Å². The first-order valence-electron chi connectivity index (χ1n) is 8.12. The predicted molar refractivity (Wildman–Crippen MR) is 93.0 cm³/mol. The number of amides is 2. The Morgan fingerprint density at radius 3 is 2.32 bits per heavy atom. The molecule has 1 saturated heterocycles. The summed E-state index contributed by atoms with van der Waals surface area (Å²) in [6.45, 7) is 5.87. The largest absolute Gasteiger partial charge is 0.444 e. The Morgan fingerprint density at radius 1 is 1.20 bits per heavy atom. The zero-order valence-electron chi connectivity index (χ0n) is 14.7. The second-order valence-corrected chi connectivity index (χ2v) is 9.35. The van der Waals surface area contributed by atoms with E-state index in [0.29, 0.717) is 19.4 Å². The lowest BCUT2D eigenvalue weighted by Crippen LogP contribution is -2.47. The Hall–Kier alpha value is -2.09. The number of hydrogen-bond acceptors (Lipinski definition) is 5. The Kier molecular flexibility index (Phi) is 5.41. The summed E-state index contributed by atoms with van der Waals surface area (Å²) in [5.41, 5.74) is 4.79. The van der Waals surface area contributed by atoms with Gasteiger partial charge in [-0.1, -0.05) is 0 Å². The third-order valence-electron chi connectivity index (χ3n) is 3.94. The molecule has 0 aromatic heterocycles. The van der Waals surface area contributed by atoms with E-state index in [9.17, 15) is 18.0 Å². The molecule has 8 heteroatoms. The fourth-order valence-corrected chi connectivity index (χ4v) is 4.44. The van der Waals surface area contributed by atoms with Gasteiger partial charge >= 0.3 is 6.09 Å². The van der Waals surface area contributed by atoms with Crippen molar-refractivity contribution in [2.75, 3.05) is 13.1 Å². The van der Waals surface area contributed by atoms with E-state index in [1.807, 2.05) is 0 Å². The van der Waals surface area contributed by atoms with Crippen LogP contribution < -0.4 is 5.73 Å². The molecule has 2 N–H and O–H groups in total. The van der Waals surface area contributed by atoms with Crippen LogP contribution >= 0.6 is 0 Å². The quantitative estimate of drug-likeness (QED) is 0.877. The van der Waals surface area contributed by atoms with Crippen molar-refractivity contribution in [3.8, 4) is 0 Å². The zero-order chi connectivity index (χ0) is 18.8. The number of carbonyl (C=O) groups excluding carboxylic acids is 2. The van der Waals surface area contributed by atoms with Crippen LogP contribution in [0.4, 0.5) is 4.79 Å².